The normalized spacial score (nSPS) is 30.2. The second-order valence-electron chi connectivity index (χ2n) is 5.11. The Labute approximate surface area is 112 Å². The molecule has 3 rings (SSSR count). The third-order valence-corrected chi connectivity index (χ3v) is 3.73. The lowest BCUT2D eigenvalue weighted by Gasteiger charge is -2.25. The molecule has 0 radical (unpaired) electrons. The molecule has 2 aromatic heterocycles. The van der Waals surface area contributed by atoms with Gasteiger partial charge in [0.05, 0.1) is 19.0 Å². The fraction of sp³-hybridized carbons (Fsp3) is 0.500. The van der Waals surface area contributed by atoms with Crippen LogP contribution in [-0.2, 0) is 4.74 Å². The summed E-state index contributed by atoms with van der Waals surface area (Å²) in [5, 5.41) is 19.1. The van der Waals surface area contributed by atoms with Crippen LogP contribution in [0.3, 0.4) is 0 Å². The molecule has 0 spiro atoms. The third kappa shape index (κ3) is 1.76. The van der Waals surface area contributed by atoms with Crippen LogP contribution in [0.15, 0.2) is 17.3 Å². The van der Waals surface area contributed by atoms with E-state index in [0.717, 1.165) is 6.20 Å². The first kappa shape index (κ1) is 13.2. The highest BCUT2D eigenvalue weighted by Gasteiger charge is 2.45. The number of hydrogen-bond donors (Lipinski definition) is 3. The Morgan fingerprint density at radius 1 is 1.70 bits per heavy atom. The van der Waals surface area contributed by atoms with E-state index in [2.05, 4.69) is 9.97 Å². The first-order valence-electron chi connectivity index (χ1n) is 6.17. The second-order valence-corrected chi connectivity index (χ2v) is 5.11. The van der Waals surface area contributed by atoms with Gasteiger partial charge in [-0.15, -0.1) is 0 Å². The average molecular weight is 283 g/mol. The molecule has 20 heavy (non-hydrogen) atoms. The van der Waals surface area contributed by atoms with E-state index >= 15 is 0 Å². The van der Waals surface area contributed by atoms with Gasteiger partial charge in [0, 0.05) is 12.6 Å². The maximum atomic E-state index is 13.8. The smallest absolute Gasteiger partial charge is 0.263 e. The highest BCUT2D eigenvalue weighted by atomic mass is 19.1. The van der Waals surface area contributed by atoms with Crippen molar-refractivity contribution in [1.82, 2.24) is 14.5 Å². The Morgan fingerprint density at radius 3 is 3.10 bits per heavy atom. The Bertz CT molecular complexity index is 712. The van der Waals surface area contributed by atoms with E-state index in [0.29, 0.717) is 0 Å². The van der Waals surface area contributed by atoms with E-state index in [-0.39, 0.29) is 24.1 Å². The van der Waals surface area contributed by atoms with Gasteiger partial charge in [-0.1, -0.05) is 0 Å². The quantitative estimate of drug-likeness (QED) is 0.714. The number of aliphatic hydroxyl groups excluding tert-OH is 2. The molecular weight excluding hydrogens is 269 g/mol. The molecule has 1 aliphatic rings. The molecule has 2 aromatic rings. The molecule has 0 unspecified atom stereocenters. The van der Waals surface area contributed by atoms with Gasteiger partial charge in [0.25, 0.3) is 5.56 Å². The maximum absolute atomic E-state index is 13.8. The van der Waals surface area contributed by atoms with E-state index in [1.807, 2.05) is 0 Å². The number of H-pyrrole nitrogens is 1. The number of aliphatic hydroxyl groups is 2. The molecule has 8 heteroatoms. The molecule has 0 saturated carbocycles. The molecule has 108 valence electrons. The number of rotatable bonds is 2. The zero-order valence-corrected chi connectivity index (χ0v) is 10.7. The first-order chi connectivity index (χ1) is 9.46. The zero-order chi connectivity index (χ0) is 14.5. The number of aromatic nitrogens is 3. The summed E-state index contributed by atoms with van der Waals surface area (Å²) in [5.74, 6) is -0.704. The van der Waals surface area contributed by atoms with Crippen LogP contribution in [0.1, 0.15) is 19.6 Å². The van der Waals surface area contributed by atoms with Gasteiger partial charge >= 0.3 is 0 Å². The number of nitrogens with one attached hydrogen (secondary N) is 1. The largest absolute Gasteiger partial charge is 0.393 e. The summed E-state index contributed by atoms with van der Waals surface area (Å²) in [7, 11) is 0. The number of aromatic amines is 1. The minimum Gasteiger partial charge on any atom is -0.393 e. The monoisotopic (exact) mass is 283 g/mol. The van der Waals surface area contributed by atoms with Crippen LogP contribution in [0.4, 0.5) is 4.39 Å². The number of fused-ring (bicyclic) bond motifs is 1. The molecule has 3 heterocycles. The molecule has 0 aromatic carbocycles. The molecular formula is C12H14FN3O4. The van der Waals surface area contributed by atoms with Crippen molar-refractivity contribution >= 4 is 11.0 Å². The topological polar surface area (TPSA) is 100 Å². The number of ether oxygens (including phenoxy) is 1. The fourth-order valence-electron chi connectivity index (χ4n) is 2.46. The van der Waals surface area contributed by atoms with Crippen molar-refractivity contribution < 1.29 is 19.3 Å². The number of nitrogens with zero attached hydrogens (tertiary/aromatic N) is 2. The Balaban J connectivity index is 2.09. The molecule has 3 atom stereocenters. The van der Waals surface area contributed by atoms with E-state index in [1.165, 1.54) is 10.9 Å². The van der Waals surface area contributed by atoms with E-state index in [4.69, 9.17) is 4.74 Å². The predicted molar refractivity (Wildman–Crippen MR) is 66.5 cm³/mol. The van der Waals surface area contributed by atoms with Gasteiger partial charge < -0.3 is 24.5 Å². The molecule has 3 N–H and O–H groups in total. The maximum Gasteiger partial charge on any atom is 0.263 e. The van der Waals surface area contributed by atoms with Crippen LogP contribution in [0.2, 0.25) is 0 Å². The van der Waals surface area contributed by atoms with Gasteiger partial charge in [-0.2, -0.15) is 0 Å². The van der Waals surface area contributed by atoms with Gasteiger partial charge in [0.15, 0.2) is 11.5 Å². The van der Waals surface area contributed by atoms with Gasteiger partial charge in [-0.3, -0.25) is 4.79 Å². The standard InChI is InChI=1S/C12H14FN3O4/c1-12(4-17)7(18)2-8(20-12)16-3-6(13)9-10(16)14-5-15-11(9)19/h3,5,7-8,17-18H,2,4H2,1H3,(H,14,15,19)/t7-,8+,12+/m0/s1. The van der Waals surface area contributed by atoms with Crippen LogP contribution >= 0.6 is 0 Å². The van der Waals surface area contributed by atoms with Gasteiger partial charge in [-0.25, -0.2) is 9.37 Å². The second kappa shape index (κ2) is 4.37. The van der Waals surface area contributed by atoms with Crippen LogP contribution in [0, 0.1) is 5.82 Å². The fourth-order valence-corrected chi connectivity index (χ4v) is 2.46. The molecule has 7 nitrogen and oxygen atoms in total. The summed E-state index contributed by atoms with van der Waals surface area (Å²) < 4.78 is 20.8. The molecule has 1 fully saturated rings. The van der Waals surface area contributed by atoms with Crippen molar-refractivity contribution in [2.75, 3.05) is 6.61 Å². The SMILES string of the molecule is C[C@]1(CO)O[C@@H](n2cc(F)c3c(=O)[nH]cnc32)C[C@@H]1O. The van der Waals surface area contributed by atoms with Crippen LogP contribution < -0.4 is 5.56 Å². The van der Waals surface area contributed by atoms with Crippen molar-refractivity contribution in [3.63, 3.8) is 0 Å². The lowest BCUT2D eigenvalue weighted by atomic mass is 10.0. The Hall–Kier alpha value is -1.77. The summed E-state index contributed by atoms with van der Waals surface area (Å²) >= 11 is 0. The highest BCUT2D eigenvalue weighted by molar-refractivity contribution is 5.75. The van der Waals surface area contributed by atoms with Gasteiger partial charge in [0.2, 0.25) is 0 Å². The molecule has 0 aliphatic carbocycles. The van der Waals surface area contributed by atoms with Crippen LogP contribution in [0.25, 0.3) is 11.0 Å². The van der Waals surface area contributed by atoms with E-state index < -0.39 is 29.3 Å². The number of halogens is 1. The minimum absolute atomic E-state index is 0.144. The average Bonchev–Trinajstić information content (AvgIpc) is 2.90. The predicted octanol–water partition coefficient (Wildman–Crippen LogP) is -0.106. The van der Waals surface area contributed by atoms with E-state index in [9.17, 15) is 19.4 Å². The summed E-state index contributed by atoms with van der Waals surface area (Å²) in [6.45, 7) is 1.21. The lowest BCUT2D eigenvalue weighted by molar-refractivity contribution is -0.115. The number of hydrogen-bond acceptors (Lipinski definition) is 5. The third-order valence-electron chi connectivity index (χ3n) is 3.73. The molecule has 0 bridgehead atoms. The molecule has 1 saturated heterocycles. The first-order valence-corrected chi connectivity index (χ1v) is 6.17. The zero-order valence-electron chi connectivity index (χ0n) is 10.7. The minimum atomic E-state index is -1.11. The van der Waals surface area contributed by atoms with Crippen molar-refractivity contribution in [3.05, 3.63) is 28.7 Å². The lowest BCUT2D eigenvalue weighted by Crippen LogP contribution is -2.39. The van der Waals surface area contributed by atoms with Gasteiger partial charge in [0.1, 0.15) is 17.2 Å². The van der Waals surface area contributed by atoms with Crippen molar-refractivity contribution in [1.29, 1.82) is 0 Å². The van der Waals surface area contributed by atoms with Crippen molar-refractivity contribution in [3.8, 4) is 0 Å². The molecule has 1 aliphatic heterocycles. The van der Waals surface area contributed by atoms with Crippen LogP contribution in [-0.4, -0.2) is 43.1 Å². The highest BCUT2D eigenvalue weighted by Crippen LogP contribution is 2.37. The summed E-state index contributed by atoms with van der Waals surface area (Å²) in [4.78, 5) is 17.9. The van der Waals surface area contributed by atoms with Crippen molar-refractivity contribution in [2.24, 2.45) is 0 Å². The van der Waals surface area contributed by atoms with E-state index in [1.54, 1.807) is 6.92 Å². The summed E-state index contributed by atoms with van der Waals surface area (Å²) in [5.41, 5.74) is -1.54. The Morgan fingerprint density at radius 2 is 2.45 bits per heavy atom. The van der Waals surface area contributed by atoms with Gasteiger partial charge in [-0.05, 0) is 6.92 Å². The van der Waals surface area contributed by atoms with Crippen molar-refractivity contribution in [2.45, 2.75) is 31.3 Å². The van der Waals surface area contributed by atoms with Crippen LogP contribution in [0.5, 0.6) is 0 Å². The summed E-state index contributed by atoms with van der Waals surface area (Å²) in [6, 6.07) is 0. The summed E-state index contributed by atoms with van der Waals surface area (Å²) in [6.07, 6.45) is 0.891. The molecule has 0 amide bonds. The Kier molecular flexibility index (Phi) is 2.89.